The number of carbonyl (C=O) groups is 1. The summed E-state index contributed by atoms with van der Waals surface area (Å²) in [6, 6.07) is -0.399. The number of carboxylic acid groups (broad SMARTS) is 1. The summed E-state index contributed by atoms with van der Waals surface area (Å²) in [4.78, 5) is 10.6. The van der Waals surface area contributed by atoms with E-state index >= 15 is 0 Å². The molecule has 0 saturated carbocycles. The molecule has 0 heterocycles. The van der Waals surface area contributed by atoms with E-state index in [9.17, 15) is 4.79 Å². The first-order valence-corrected chi connectivity index (χ1v) is 4.27. The summed E-state index contributed by atoms with van der Waals surface area (Å²) in [7, 11) is 1.68. The minimum absolute atomic E-state index is 0.213. The van der Waals surface area contributed by atoms with Gasteiger partial charge >= 0.3 is 5.97 Å². The van der Waals surface area contributed by atoms with E-state index in [1.165, 1.54) is 0 Å². The van der Waals surface area contributed by atoms with Crippen molar-refractivity contribution in [2.24, 2.45) is 5.41 Å². The molecule has 0 aliphatic heterocycles. The summed E-state index contributed by atoms with van der Waals surface area (Å²) in [5, 5.41) is 11.5. The van der Waals surface area contributed by atoms with Gasteiger partial charge in [0.25, 0.3) is 0 Å². The van der Waals surface area contributed by atoms with Gasteiger partial charge in [0.05, 0.1) is 0 Å². The molecule has 1 atom stereocenters. The van der Waals surface area contributed by atoms with E-state index in [-0.39, 0.29) is 5.41 Å². The maximum Gasteiger partial charge on any atom is 0.320 e. The second-order valence-electron chi connectivity index (χ2n) is 4.28. The van der Waals surface area contributed by atoms with Gasteiger partial charge in [0.2, 0.25) is 0 Å². The summed E-state index contributed by atoms with van der Waals surface area (Å²) in [5.74, 6) is -0.762. The number of carboxylic acids is 1. The molecule has 0 rings (SSSR count). The summed E-state index contributed by atoms with van der Waals surface area (Å²) >= 11 is 0. The molecule has 0 aliphatic rings. The first-order chi connectivity index (χ1) is 5.37. The molecule has 0 aliphatic carbocycles. The van der Waals surface area contributed by atoms with E-state index in [0.29, 0.717) is 6.42 Å². The van der Waals surface area contributed by atoms with Crippen LogP contribution in [0.5, 0.6) is 0 Å². The Bertz CT molecular complexity index is 149. The van der Waals surface area contributed by atoms with Gasteiger partial charge in [-0.25, -0.2) is 0 Å². The molecule has 0 aromatic carbocycles. The lowest BCUT2D eigenvalue weighted by molar-refractivity contribution is -0.139. The quantitative estimate of drug-likeness (QED) is 0.677. The Morgan fingerprint density at radius 3 is 2.25 bits per heavy atom. The third-order valence-electron chi connectivity index (χ3n) is 1.83. The molecule has 2 N–H and O–H groups in total. The molecule has 0 fully saturated rings. The van der Waals surface area contributed by atoms with Crippen molar-refractivity contribution in [2.75, 3.05) is 7.05 Å². The van der Waals surface area contributed by atoms with Crippen LogP contribution >= 0.6 is 0 Å². The average molecular weight is 173 g/mol. The standard InChI is InChI=1S/C9H19NO2/c1-9(2,3)6-5-7(10-4)8(11)12/h7,10H,5-6H2,1-4H3,(H,11,12)/t7-/m0/s1. The number of aliphatic carboxylic acids is 1. The maximum atomic E-state index is 10.6. The van der Waals surface area contributed by atoms with Crippen molar-refractivity contribution in [3.8, 4) is 0 Å². The van der Waals surface area contributed by atoms with Crippen molar-refractivity contribution in [1.29, 1.82) is 0 Å². The van der Waals surface area contributed by atoms with Crippen LogP contribution < -0.4 is 5.32 Å². The molecular formula is C9H19NO2. The Hall–Kier alpha value is -0.570. The number of rotatable bonds is 4. The zero-order chi connectivity index (χ0) is 9.78. The van der Waals surface area contributed by atoms with Gasteiger partial charge in [0.1, 0.15) is 6.04 Å². The van der Waals surface area contributed by atoms with Crippen molar-refractivity contribution >= 4 is 5.97 Å². The van der Waals surface area contributed by atoms with E-state index < -0.39 is 12.0 Å². The van der Waals surface area contributed by atoms with Crippen LogP contribution in [0.15, 0.2) is 0 Å². The minimum Gasteiger partial charge on any atom is -0.480 e. The van der Waals surface area contributed by atoms with E-state index in [1.807, 2.05) is 0 Å². The molecule has 0 bridgehead atoms. The number of hydrogen-bond acceptors (Lipinski definition) is 2. The molecule has 0 radical (unpaired) electrons. The SMILES string of the molecule is CN[C@@H](CCC(C)(C)C)C(=O)O. The molecule has 0 saturated heterocycles. The zero-order valence-electron chi connectivity index (χ0n) is 8.35. The molecule has 0 amide bonds. The fraction of sp³-hybridized carbons (Fsp3) is 0.889. The highest BCUT2D eigenvalue weighted by molar-refractivity contribution is 5.73. The number of hydrogen-bond donors (Lipinski definition) is 2. The normalized spacial score (nSPS) is 14.3. The highest BCUT2D eigenvalue weighted by Crippen LogP contribution is 2.21. The molecule has 0 spiro atoms. The predicted octanol–water partition coefficient (Wildman–Crippen LogP) is 1.49. The fourth-order valence-electron chi connectivity index (χ4n) is 0.969. The Balaban J connectivity index is 3.81. The van der Waals surface area contributed by atoms with Crippen molar-refractivity contribution in [3.63, 3.8) is 0 Å². The van der Waals surface area contributed by atoms with Crippen molar-refractivity contribution in [2.45, 2.75) is 39.7 Å². The Labute approximate surface area is 74.2 Å². The van der Waals surface area contributed by atoms with E-state index in [2.05, 4.69) is 26.1 Å². The largest absolute Gasteiger partial charge is 0.480 e. The fourth-order valence-corrected chi connectivity index (χ4v) is 0.969. The lowest BCUT2D eigenvalue weighted by atomic mass is 9.89. The molecule has 0 aromatic heterocycles. The Morgan fingerprint density at radius 2 is 2.00 bits per heavy atom. The predicted molar refractivity (Wildman–Crippen MR) is 49.2 cm³/mol. The van der Waals surface area contributed by atoms with Gasteiger partial charge in [-0.05, 0) is 25.3 Å². The van der Waals surface area contributed by atoms with Gasteiger partial charge in [-0.3, -0.25) is 4.79 Å². The third kappa shape index (κ3) is 5.13. The van der Waals surface area contributed by atoms with E-state index in [0.717, 1.165) is 6.42 Å². The smallest absolute Gasteiger partial charge is 0.320 e. The van der Waals surface area contributed by atoms with Gasteiger partial charge < -0.3 is 10.4 Å². The van der Waals surface area contributed by atoms with Crippen LogP contribution in [0.4, 0.5) is 0 Å². The van der Waals surface area contributed by atoms with Gasteiger partial charge in [0.15, 0.2) is 0 Å². The molecular weight excluding hydrogens is 154 g/mol. The zero-order valence-corrected chi connectivity index (χ0v) is 8.35. The van der Waals surface area contributed by atoms with E-state index in [1.54, 1.807) is 7.05 Å². The molecule has 72 valence electrons. The topological polar surface area (TPSA) is 49.3 Å². The second-order valence-corrected chi connectivity index (χ2v) is 4.28. The molecule has 3 nitrogen and oxygen atoms in total. The number of likely N-dealkylation sites (N-methyl/N-ethyl adjacent to an activating group) is 1. The summed E-state index contributed by atoms with van der Waals surface area (Å²) in [5.41, 5.74) is 0.213. The molecule has 3 heteroatoms. The van der Waals surface area contributed by atoms with Crippen LogP contribution in [0.2, 0.25) is 0 Å². The molecule has 12 heavy (non-hydrogen) atoms. The van der Waals surface area contributed by atoms with E-state index in [4.69, 9.17) is 5.11 Å². The molecule has 0 unspecified atom stereocenters. The van der Waals surface area contributed by atoms with Crippen LogP contribution in [-0.4, -0.2) is 24.2 Å². The number of nitrogens with one attached hydrogen (secondary N) is 1. The highest BCUT2D eigenvalue weighted by Gasteiger charge is 2.18. The van der Waals surface area contributed by atoms with Gasteiger partial charge in [0, 0.05) is 0 Å². The van der Waals surface area contributed by atoms with Crippen LogP contribution in [0.3, 0.4) is 0 Å². The maximum absolute atomic E-state index is 10.6. The Morgan fingerprint density at radius 1 is 1.50 bits per heavy atom. The van der Waals surface area contributed by atoms with Crippen LogP contribution in [0.1, 0.15) is 33.6 Å². The van der Waals surface area contributed by atoms with Crippen molar-refractivity contribution < 1.29 is 9.90 Å². The monoisotopic (exact) mass is 173 g/mol. The van der Waals surface area contributed by atoms with Gasteiger partial charge in [-0.2, -0.15) is 0 Å². The van der Waals surface area contributed by atoms with Gasteiger partial charge in [-0.1, -0.05) is 20.8 Å². The van der Waals surface area contributed by atoms with Gasteiger partial charge in [-0.15, -0.1) is 0 Å². The lowest BCUT2D eigenvalue weighted by Crippen LogP contribution is -2.34. The van der Waals surface area contributed by atoms with Crippen LogP contribution in [0, 0.1) is 5.41 Å². The Kier molecular flexibility index (Phi) is 4.24. The minimum atomic E-state index is -0.762. The second kappa shape index (κ2) is 4.45. The highest BCUT2D eigenvalue weighted by atomic mass is 16.4. The molecule has 0 aromatic rings. The van der Waals surface area contributed by atoms with Crippen molar-refractivity contribution in [3.05, 3.63) is 0 Å². The first-order valence-electron chi connectivity index (χ1n) is 4.27. The van der Waals surface area contributed by atoms with Crippen LogP contribution in [-0.2, 0) is 4.79 Å². The third-order valence-corrected chi connectivity index (χ3v) is 1.83. The van der Waals surface area contributed by atoms with Crippen LogP contribution in [0.25, 0.3) is 0 Å². The first kappa shape index (κ1) is 11.4. The lowest BCUT2D eigenvalue weighted by Gasteiger charge is -2.20. The average Bonchev–Trinajstić information content (AvgIpc) is 1.85. The summed E-state index contributed by atoms with van der Waals surface area (Å²) in [6.45, 7) is 6.34. The summed E-state index contributed by atoms with van der Waals surface area (Å²) in [6.07, 6.45) is 1.61. The van der Waals surface area contributed by atoms with Crippen molar-refractivity contribution in [1.82, 2.24) is 5.32 Å². The summed E-state index contributed by atoms with van der Waals surface area (Å²) < 4.78 is 0.